The van der Waals surface area contributed by atoms with Crippen LogP contribution in [-0.4, -0.2) is 172 Å². The fraction of sp³-hybridized carbons (Fsp3) is 0.338. The lowest BCUT2D eigenvalue weighted by molar-refractivity contribution is -0.120. The third kappa shape index (κ3) is 24.2. The SMILES string of the molecule is COC(=O)c1[nH]c(=O)c(Br)nc1C.COC(=O)c1[nH]c(=O)c(Nc2ccncn2)nc1C.COC(=O)c1[nH]c(=O)cnc1C.Cc1nc(Nc2ccncn2)c(=O)[nH]c1C(N)=O.Cc1nc(Nc2ccncn2)c(=O)n2c1C(=O)NC21CCCCC1.Cc1nc(Nc2ccncn2)c(=O)n2c1C(=O)NC21CCCCC1.Nc1ccncn1.O=C1CCCCC1. The summed E-state index contributed by atoms with van der Waals surface area (Å²) in [6.07, 6.45) is 30.3. The van der Waals surface area contributed by atoms with Crippen molar-refractivity contribution in [1.29, 1.82) is 0 Å². The number of esters is 3. The van der Waals surface area contributed by atoms with Gasteiger partial charge in [-0.1, -0.05) is 19.3 Å². The number of Topliss-reactive ketones (excluding diaryl/α,β-unsaturated/α-hetero) is 1. The van der Waals surface area contributed by atoms with Crippen LogP contribution in [0.5, 0.6) is 0 Å². The van der Waals surface area contributed by atoms with Crippen molar-refractivity contribution in [2.24, 2.45) is 5.73 Å². The van der Waals surface area contributed by atoms with Gasteiger partial charge < -0.3 is 77.5 Å². The summed E-state index contributed by atoms with van der Waals surface area (Å²) in [6.45, 7) is 9.87. The predicted octanol–water partition coefficient (Wildman–Crippen LogP) is 5.07. The van der Waals surface area contributed by atoms with Gasteiger partial charge in [0.2, 0.25) is 0 Å². The third-order valence-corrected chi connectivity index (χ3v) is 19.4. The summed E-state index contributed by atoms with van der Waals surface area (Å²) in [5, 5.41) is 17.4. The Morgan fingerprint density at radius 2 is 0.750 bits per heavy atom. The van der Waals surface area contributed by atoms with Crippen molar-refractivity contribution >= 4 is 110 Å². The number of nitrogens with two attached hydrogens (primary N) is 2. The lowest BCUT2D eigenvalue weighted by Gasteiger charge is -2.35. The molecule has 0 atom stereocenters. The number of primary amides is 1. The van der Waals surface area contributed by atoms with Gasteiger partial charge in [-0.3, -0.25) is 62.1 Å². The largest absolute Gasteiger partial charge is 0.464 e. The standard InChI is InChI=1S/2C16H18N6O2.C11H11N5O3.C10H10N6O2.C7H7BrN2O3.C7H8N2O3.C6H10O.C4H5N3/c2*1-10-12-14(23)21-16(6-3-2-4-7-16)22(12)15(24)13(19-10)20-11-5-8-17-9-18-11;1-6-8(11(18)19-2)16-10(17)9(14-6)15-7-3-4-12-5-13-7;1-5-7(8(11)17)16-10(18)9(14-5)15-6-2-3-12-4-13-6;1-3-4(7(12)13-2)10-6(11)5(8)9-3;1-4-6(7(11)12-2)9-5(10)3-8-4;7-6-4-2-1-3-5-6;5-4-1-2-6-3-7-4/h2*5,8-9H,2-4,6-7H2,1H3,(H,21,23)(H,17,18,19,20);3-5H,1-2H3,(H,16,17)(H,12,13,14,15);2-4H,1H3,(H2,11,17)(H,16,18)(H,12,13,14,15);1-2H3,(H,10,11);3H,1-2H3,(H,9,10);1-5H2;1-3H,(H2,5,6,7). The summed E-state index contributed by atoms with van der Waals surface area (Å²) >= 11 is 2.94. The second-order valence-electron chi connectivity index (χ2n) is 27.4. The molecular formula is C77H87BrN30O16. The van der Waals surface area contributed by atoms with E-state index >= 15 is 0 Å². The van der Waals surface area contributed by atoms with Crippen LogP contribution in [0, 0.1) is 41.5 Å². The Kier molecular flexibility index (Phi) is 32.5. The van der Waals surface area contributed by atoms with E-state index in [1.165, 1.54) is 71.8 Å². The maximum absolute atomic E-state index is 13.0. The molecule has 3 saturated carbocycles. The van der Waals surface area contributed by atoms with Crippen molar-refractivity contribution in [3.05, 3.63) is 234 Å². The number of carbonyl (C=O) groups excluding carboxylic acids is 7. The van der Waals surface area contributed by atoms with Gasteiger partial charge in [-0.25, -0.2) is 89.1 Å². The van der Waals surface area contributed by atoms with E-state index in [1.807, 2.05) is 0 Å². The van der Waals surface area contributed by atoms with Gasteiger partial charge in [-0.05, 0) is 152 Å². The van der Waals surface area contributed by atoms with Crippen molar-refractivity contribution in [3.8, 4) is 0 Å². The zero-order valence-electron chi connectivity index (χ0n) is 68.5. The molecule has 14 N–H and O–H groups in total. The molecule has 11 aromatic rings. The van der Waals surface area contributed by atoms with Gasteiger partial charge >= 0.3 is 17.9 Å². The number of nitrogens with one attached hydrogen (secondary N) is 10. The first-order valence-corrected chi connectivity index (χ1v) is 38.9. The lowest BCUT2D eigenvalue weighted by atomic mass is 9.89. The van der Waals surface area contributed by atoms with Crippen LogP contribution in [0.4, 0.5) is 52.4 Å². The molecule has 3 aliphatic carbocycles. The number of aromatic nitrogens is 22. The van der Waals surface area contributed by atoms with Crippen molar-refractivity contribution in [1.82, 2.24) is 119 Å². The quantitative estimate of drug-likeness (QED) is 0.0561. The Bertz CT molecular complexity index is 5880. The minimum absolute atomic E-state index is 0.00626. The molecule has 0 unspecified atom stereocenters. The molecule has 11 aromatic heterocycles. The highest BCUT2D eigenvalue weighted by atomic mass is 79.9. The fourth-order valence-corrected chi connectivity index (χ4v) is 13.3. The number of H-pyrrole nitrogens is 4. The van der Waals surface area contributed by atoms with Gasteiger partial charge in [0.15, 0.2) is 27.9 Å². The second kappa shape index (κ2) is 43.6. The Morgan fingerprint density at radius 3 is 1.09 bits per heavy atom. The summed E-state index contributed by atoms with van der Waals surface area (Å²) in [6, 6.07) is 8.13. The number of aromatic amines is 4. The van der Waals surface area contributed by atoms with Gasteiger partial charge in [0.05, 0.1) is 61.7 Å². The first kappa shape index (κ1) is 92.5. The first-order valence-electron chi connectivity index (χ1n) is 38.1. The third-order valence-electron chi connectivity index (χ3n) is 18.8. The molecular weight excluding hydrogens is 1680 g/mol. The number of rotatable bonds is 12. The molecule has 3 fully saturated rings. The highest BCUT2D eigenvalue weighted by molar-refractivity contribution is 9.10. The molecule has 46 nitrogen and oxygen atoms in total. The number of nitrogens with zero attached hydrogens (tertiary/aromatic N) is 18. The van der Waals surface area contributed by atoms with Crippen LogP contribution in [0.2, 0.25) is 0 Å². The van der Waals surface area contributed by atoms with E-state index in [4.69, 9.17) is 11.5 Å². The van der Waals surface area contributed by atoms with Gasteiger partial charge in [0.1, 0.15) is 112 Å². The lowest BCUT2D eigenvalue weighted by Crippen LogP contribution is -2.49. The number of hydrogen-bond donors (Lipinski definition) is 12. The Balaban J connectivity index is 0.000000165. The Hall–Kier alpha value is -15.4. The fourth-order valence-electron chi connectivity index (χ4n) is 13.0. The van der Waals surface area contributed by atoms with E-state index in [0.717, 1.165) is 96.1 Å². The van der Waals surface area contributed by atoms with E-state index < -0.39 is 57.4 Å². The van der Waals surface area contributed by atoms with Gasteiger partial charge in [0.25, 0.3) is 51.1 Å². The Labute approximate surface area is 711 Å². The molecule has 2 spiro atoms. The minimum atomic E-state index is -0.731. The number of ketones is 1. The molecule has 5 aliphatic rings. The number of hydrogen-bond acceptors (Lipinski definition) is 37. The first-order chi connectivity index (χ1) is 59.4. The molecule has 2 aliphatic heterocycles. The van der Waals surface area contributed by atoms with E-state index in [-0.39, 0.29) is 73.6 Å². The summed E-state index contributed by atoms with van der Waals surface area (Å²) in [5.74, 6) is 0.254. The van der Waals surface area contributed by atoms with Crippen LogP contribution in [0.15, 0.2) is 133 Å². The molecule has 3 amide bonds. The average molecular weight is 1770 g/mol. The topological polar surface area (TPSA) is 653 Å². The van der Waals surface area contributed by atoms with Crippen LogP contribution in [0.25, 0.3) is 0 Å². The van der Waals surface area contributed by atoms with Gasteiger partial charge in [-0.2, -0.15) is 0 Å². The van der Waals surface area contributed by atoms with Crippen LogP contribution >= 0.6 is 15.9 Å². The molecule has 16 rings (SSSR count). The predicted molar refractivity (Wildman–Crippen MR) is 448 cm³/mol. The summed E-state index contributed by atoms with van der Waals surface area (Å²) in [4.78, 5) is 223. The number of fused-ring (bicyclic) bond motifs is 4. The normalized spacial score (nSPS) is 13.8. The number of ether oxygens (including phenoxy) is 3. The zero-order chi connectivity index (χ0) is 89.8. The number of anilines is 9. The molecule has 0 bridgehead atoms. The van der Waals surface area contributed by atoms with Crippen LogP contribution in [-0.2, 0) is 30.3 Å². The zero-order valence-corrected chi connectivity index (χ0v) is 70.0. The van der Waals surface area contributed by atoms with E-state index in [1.54, 1.807) is 99.6 Å². The Morgan fingerprint density at radius 1 is 0.411 bits per heavy atom. The maximum atomic E-state index is 13.0. The molecule has 13 heterocycles. The van der Waals surface area contributed by atoms with E-state index in [9.17, 15) is 62.3 Å². The van der Waals surface area contributed by atoms with Gasteiger partial charge in [-0.15, -0.1) is 0 Å². The van der Waals surface area contributed by atoms with Gasteiger partial charge in [0, 0.05) is 43.8 Å². The van der Waals surface area contributed by atoms with Crippen LogP contribution in [0.1, 0.15) is 193 Å². The summed E-state index contributed by atoms with van der Waals surface area (Å²) in [5.41, 5.74) is 10.1. The highest BCUT2D eigenvalue weighted by Crippen LogP contribution is 2.39. The molecule has 0 saturated heterocycles. The van der Waals surface area contributed by atoms with Crippen molar-refractivity contribution < 1.29 is 47.8 Å². The monoisotopic (exact) mass is 1770 g/mol. The maximum Gasteiger partial charge on any atom is 0.356 e. The van der Waals surface area contributed by atoms with E-state index in [0.29, 0.717) is 80.4 Å². The minimum Gasteiger partial charge on any atom is -0.464 e. The van der Waals surface area contributed by atoms with Crippen LogP contribution < -0.4 is 76.7 Å². The van der Waals surface area contributed by atoms with E-state index in [2.05, 4.69) is 162 Å². The number of aryl methyl sites for hydroxylation is 6. The molecule has 0 aromatic carbocycles. The summed E-state index contributed by atoms with van der Waals surface area (Å²) < 4.78 is 16.8. The number of halogens is 1. The number of methoxy groups -OCH3 is 3. The molecule has 0 radical (unpaired) electrons. The van der Waals surface area contributed by atoms with Crippen molar-refractivity contribution in [2.75, 3.05) is 48.3 Å². The average Bonchev–Trinajstić information content (AvgIpc) is 1.58. The van der Waals surface area contributed by atoms with Crippen LogP contribution in [0.3, 0.4) is 0 Å². The summed E-state index contributed by atoms with van der Waals surface area (Å²) in [7, 11) is 3.71. The molecule has 47 heteroatoms. The molecule has 648 valence electrons. The van der Waals surface area contributed by atoms with Crippen molar-refractivity contribution in [3.63, 3.8) is 0 Å². The number of amides is 3. The highest BCUT2D eigenvalue weighted by Gasteiger charge is 2.47. The number of nitrogen functional groups attached to an aromatic ring is 1. The van der Waals surface area contributed by atoms with Crippen molar-refractivity contribution in [2.45, 2.75) is 149 Å². The number of carbonyl (C=O) groups is 7. The molecule has 124 heavy (non-hydrogen) atoms. The smallest absolute Gasteiger partial charge is 0.356 e. The second-order valence-corrected chi connectivity index (χ2v) is 28.1.